The van der Waals surface area contributed by atoms with Gasteiger partial charge in [-0.15, -0.1) is 0 Å². The Labute approximate surface area is 90.4 Å². The van der Waals surface area contributed by atoms with E-state index in [9.17, 15) is 4.79 Å². The average Bonchev–Trinajstić information content (AvgIpc) is 2.26. The van der Waals surface area contributed by atoms with Crippen molar-refractivity contribution in [1.82, 2.24) is 10.6 Å². The summed E-state index contributed by atoms with van der Waals surface area (Å²) in [5.41, 5.74) is 0. The van der Waals surface area contributed by atoms with E-state index in [2.05, 4.69) is 23.8 Å². The lowest BCUT2D eigenvalue weighted by atomic mass is 10.0. The van der Waals surface area contributed by atoms with Crippen LogP contribution >= 0.6 is 11.8 Å². The normalized spacial score (nSPS) is 24.3. The molecular weight excluding hydrogens is 196 g/mol. The third-order valence-corrected chi connectivity index (χ3v) is 3.56. The number of rotatable bonds is 4. The molecule has 0 bridgehead atoms. The molecule has 0 saturated carbocycles. The summed E-state index contributed by atoms with van der Waals surface area (Å²) in [6.07, 6.45) is 5.42. The second-order valence-corrected chi connectivity index (χ2v) is 5.07. The lowest BCUT2D eigenvalue weighted by molar-refractivity contribution is -0.123. The third-order valence-electron chi connectivity index (χ3n) is 2.59. The number of carbonyl (C=O) groups excluding carboxylic acids is 1. The minimum atomic E-state index is 0.0535. The number of piperidine rings is 1. The molecule has 1 aliphatic heterocycles. The summed E-state index contributed by atoms with van der Waals surface area (Å²) in [5.74, 6) is 0.172. The van der Waals surface area contributed by atoms with E-state index in [1.807, 2.05) is 0 Å². The fraction of sp³-hybridized carbons (Fsp3) is 0.900. The first kappa shape index (κ1) is 11.9. The van der Waals surface area contributed by atoms with Gasteiger partial charge in [-0.05, 0) is 25.6 Å². The fourth-order valence-corrected chi connectivity index (χ4v) is 1.78. The van der Waals surface area contributed by atoms with Gasteiger partial charge in [0.1, 0.15) is 0 Å². The Morgan fingerprint density at radius 2 is 2.43 bits per heavy atom. The highest BCUT2D eigenvalue weighted by Gasteiger charge is 2.20. The second-order valence-electron chi connectivity index (χ2n) is 3.79. The molecule has 1 heterocycles. The molecule has 1 amide bonds. The number of thioether (sulfide) groups is 1. The highest BCUT2D eigenvalue weighted by molar-refractivity contribution is 7.99. The molecule has 1 saturated heterocycles. The van der Waals surface area contributed by atoms with Crippen LogP contribution in [0.25, 0.3) is 0 Å². The Morgan fingerprint density at radius 3 is 3.00 bits per heavy atom. The minimum Gasteiger partial charge on any atom is -0.354 e. The van der Waals surface area contributed by atoms with Gasteiger partial charge in [0, 0.05) is 11.8 Å². The van der Waals surface area contributed by atoms with E-state index in [4.69, 9.17) is 0 Å². The van der Waals surface area contributed by atoms with Crippen molar-refractivity contribution in [1.29, 1.82) is 0 Å². The molecular formula is C10H20N2OS. The zero-order chi connectivity index (χ0) is 10.4. The van der Waals surface area contributed by atoms with E-state index in [-0.39, 0.29) is 11.9 Å². The van der Waals surface area contributed by atoms with E-state index in [1.165, 1.54) is 12.8 Å². The van der Waals surface area contributed by atoms with Crippen molar-refractivity contribution in [2.75, 3.05) is 19.3 Å². The van der Waals surface area contributed by atoms with E-state index >= 15 is 0 Å². The third kappa shape index (κ3) is 3.88. The van der Waals surface area contributed by atoms with Crippen LogP contribution in [0.3, 0.4) is 0 Å². The molecule has 4 heteroatoms. The molecule has 82 valence electrons. The van der Waals surface area contributed by atoms with Crippen molar-refractivity contribution in [2.24, 2.45) is 0 Å². The molecule has 1 rings (SSSR count). The molecule has 2 N–H and O–H groups in total. The van der Waals surface area contributed by atoms with Gasteiger partial charge in [0.25, 0.3) is 0 Å². The maximum atomic E-state index is 11.6. The predicted octanol–water partition coefficient (Wildman–Crippen LogP) is 0.996. The van der Waals surface area contributed by atoms with Crippen LogP contribution in [0.2, 0.25) is 0 Å². The smallest absolute Gasteiger partial charge is 0.237 e. The van der Waals surface area contributed by atoms with E-state index in [0.29, 0.717) is 5.25 Å². The summed E-state index contributed by atoms with van der Waals surface area (Å²) in [6, 6.07) is 0.0535. The molecule has 0 aromatic heterocycles. The molecule has 0 spiro atoms. The SMILES string of the molecule is CS[C@H](C)CNC(=O)[C@H]1CCCCN1. The van der Waals surface area contributed by atoms with Crippen LogP contribution in [-0.2, 0) is 4.79 Å². The zero-order valence-electron chi connectivity index (χ0n) is 9.01. The van der Waals surface area contributed by atoms with Crippen molar-refractivity contribution in [3.63, 3.8) is 0 Å². The van der Waals surface area contributed by atoms with E-state index in [1.54, 1.807) is 11.8 Å². The Balaban J connectivity index is 2.19. The molecule has 2 atom stereocenters. The molecule has 0 radical (unpaired) electrons. The molecule has 0 aromatic carbocycles. The monoisotopic (exact) mass is 216 g/mol. The van der Waals surface area contributed by atoms with Gasteiger partial charge in [-0.25, -0.2) is 0 Å². The first-order valence-electron chi connectivity index (χ1n) is 5.28. The van der Waals surface area contributed by atoms with Crippen LogP contribution in [0.15, 0.2) is 0 Å². The maximum absolute atomic E-state index is 11.6. The van der Waals surface area contributed by atoms with E-state index in [0.717, 1.165) is 19.5 Å². The van der Waals surface area contributed by atoms with Crippen LogP contribution in [0.1, 0.15) is 26.2 Å². The van der Waals surface area contributed by atoms with Gasteiger partial charge < -0.3 is 10.6 Å². The van der Waals surface area contributed by atoms with Crippen molar-refractivity contribution < 1.29 is 4.79 Å². The van der Waals surface area contributed by atoms with Gasteiger partial charge in [0.2, 0.25) is 5.91 Å². The number of carbonyl (C=O) groups is 1. The van der Waals surface area contributed by atoms with Gasteiger partial charge >= 0.3 is 0 Å². The summed E-state index contributed by atoms with van der Waals surface area (Å²) in [7, 11) is 0. The van der Waals surface area contributed by atoms with E-state index < -0.39 is 0 Å². The van der Waals surface area contributed by atoms with Crippen LogP contribution in [0.4, 0.5) is 0 Å². The summed E-state index contributed by atoms with van der Waals surface area (Å²) >= 11 is 1.78. The Kier molecular flexibility index (Phi) is 5.33. The van der Waals surface area contributed by atoms with Crippen LogP contribution in [0, 0.1) is 0 Å². The standard InChI is InChI=1S/C10H20N2OS/c1-8(14-2)7-12-10(13)9-5-3-4-6-11-9/h8-9,11H,3-7H2,1-2H3,(H,12,13)/t8-,9-/m1/s1. The summed E-state index contributed by atoms with van der Waals surface area (Å²) < 4.78 is 0. The second kappa shape index (κ2) is 6.30. The summed E-state index contributed by atoms with van der Waals surface area (Å²) in [5, 5.41) is 6.72. The van der Waals surface area contributed by atoms with Crippen molar-refractivity contribution in [3.8, 4) is 0 Å². The molecule has 0 aromatic rings. The minimum absolute atomic E-state index is 0.0535. The highest BCUT2D eigenvalue weighted by Crippen LogP contribution is 2.07. The van der Waals surface area contributed by atoms with Gasteiger partial charge in [-0.3, -0.25) is 4.79 Å². The zero-order valence-corrected chi connectivity index (χ0v) is 9.82. The lowest BCUT2D eigenvalue weighted by Gasteiger charge is -2.23. The summed E-state index contributed by atoms with van der Waals surface area (Å²) in [4.78, 5) is 11.6. The topological polar surface area (TPSA) is 41.1 Å². The van der Waals surface area contributed by atoms with Gasteiger partial charge in [0.05, 0.1) is 6.04 Å². The van der Waals surface area contributed by atoms with Crippen molar-refractivity contribution >= 4 is 17.7 Å². The number of hydrogen-bond acceptors (Lipinski definition) is 3. The van der Waals surface area contributed by atoms with Crippen molar-refractivity contribution in [3.05, 3.63) is 0 Å². The molecule has 0 aliphatic carbocycles. The molecule has 3 nitrogen and oxygen atoms in total. The maximum Gasteiger partial charge on any atom is 0.237 e. The highest BCUT2D eigenvalue weighted by atomic mass is 32.2. The lowest BCUT2D eigenvalue weighted by Crippen LogP contribution is -2.47. The molecule has 1 fully saturated rings. The van der Waals surface area contributed by atoms with Crippen LogP contribution < -0.4 is 10.6 Å². The molecule has 1 aliphatic rings. The van der Waals surface area contributed by atoms with Gasteiger partial charge in [-0.1, -0.05) is 13.3 Å². The quantitative estimate of drug-likeness (QED) is 0.736. The Hall–Kier alpha value is -0.220. The van der Waals surface area contributed by atoms with Gasteiger partial charge in [0.15, 0.2) is 0 Å². The molecule has 0 unspecified atom stereocenters. The largest absolute Gasteiger partial charge is 0.354 e. The number of nitrogens with one attached hydrogen (secondary N) is 2. The van der Waals surface area contributed by atoms with Gasteiger partial charge in [-0.2, -0.15) is 11.8 Å². The van der Waals surface area contributed by atoms with Crippen LogP contribution in [0.5, 0.6) is 0 Å². The van der Waals surface area contributed by atoms with Crippen LogP contribution in [-0.4, -0.2) is 36.5 Å². The predicted molar refractivity (Wildman–Crippen MR) is 61.6 cm³/mol. The molecule has 14 heavy (non-hydrogen) atoms. The summed E-state index contributed by atoms with van der Waals surface area (Å²) in [6.45, 7) is 3.88. The first-order chi connectivity index (χ1) is 6.74. The van der Waals surface area contributed by atoms with Crippen molar-refractivity contribution in [2.45, 2.75) is 37.5 Å². The fourth-order valence-electron chi connectivity index (χ4n) is 1.53. The number of hydrogen-bond donors (Lipinski definition) is 2. The Bertz CT molecular complexity index is 181. The number of amides is 1. The Morgan fingerprint density at radius 1 is 1.64 bits per heavy atom. The average molecular weight is 216 g/mol. The first-order valence-corrected chi connectivity index (χ1v) is 6.56.